The molecule has 8 heteroatoms. The first-order valence-electron chi connectivity index (χ1n) is 6.38. The van der Waals surface area contributed by atoms with E-state index in [0.29, 0.717) is 24.2 Å². The Morgan fingerprint density at radius 3 is 2.95 bits per heavy atom. The number of rotatable bonds is 5. The summed E-state index contributed by atoms with van der Waals surface area (Å²) in [7, 11) is 0. The molecule has 1 saturated carbocycles. The second kappa shape index (κ2) is 4.98. The Morgan fingerprint density at radius 1 is 1.47 bits per heavy atom. The minimum Gasteiger partial charge on any atom is -0.395 e. The predicted molar refractivity (Wildman–Crippen MR) is 71.6 cm³/mol. The van der Waals surface area contributed by atoms with Gasteiger partial charge in [-0.1, -0.05) is 0 Å². The van der Waals surface area contributed by atoms with Crippen LogP contribution in [0.4, 0.5) is 11.8 Å². The minimum absolute atomic E-state index is 0.0885. The van der Waals surface area contributed by atoms with Gasteiger partial charge in [0.05, 0.1) is 18.2 Å². The topological polar surface area (TPSA) is 116 Å². The SMILES string of the molecule is NNc1nc(N(CCO)C2CCC2)c2cn[nH]c2n1. The molecule has 0 radical (unpaired) electrons. The number of anilines is 2. The largest absolute Gasteiger partial charge is 0.395 e. The summed E-state index contributed by atoms with van der Waals surface area (Å²) in [6, 6.07) is 0.422. The second-order valence-electron chi connectivity index (χ2n) is 4.65. The molecule has 0 aromatic carbocycles. The molecule has 5 N–H and O–H groups in total. The fourth-order valence-corrected chi connectivity index (χ4v) is 2.37. The number of hydrogen-bond acceptors (Lipinski definition) is 7. The van der Waals surface area contributed by atoms with E-state index < -0.39 is 0 Å². The van der Waals surface area contributed by atoms with Crippen molar-refractivity contribution in [2.75, 3.05) is 23.5 Å². The van der Waals surface area contributed by atoms with Gasteiger partial charge >= 0.3 is 0 Å². The maximum atomic E-state index is 9.27. The number of nitrogen functional groups attached to an aromatic ring is 1. The molecule has 1 aliphatic rings. The molecule has 0 amide bonds. The number of H-pyrrole nitrogens is 1. The Hall–Kier alpha value is -1.93. The van der Waals surface area contributed by atoms with Crippen molar-refractivity contribution in [2.24, 2.45) is 5.84 Å². The van der Waals surface area contributed by atoms with Gasteiger partial charge in [0.1, 0.15) is 5.82 Å². The lowest BCUT2D eigenvalue weighted by molar-refractivity contribution is 0.283. The molecule has 0 aliphatic heterocycles. The number of aliphatic hydroxyl groups excluding tert-OH is 1. The lowest BCUT2D eigenvalue weighted by Gasteiger charge is -2.38. The van der Waals surface area contributed by atoms with E-state index in [1.165, 1.54) is 6.42 Å². The summed E-state index contributed by atoms with van der Waals surface area (Å²) in [5.74, 6) is 6.51. The number of aromatic amines is 1. The van der Waals surface area contributed by atoms with Crippen LogP contribution in [0.1, 0.15) is 19.3 Å². The highest BCUT2D eigenvalue weighted by atomic mass is 16.3. The van der Waals surface area contributed by atoms with Gasteiger partial charge < -0.3 is 10.0 Å². The number of nitrogens with zero attached hydrogens (tertiary/aromatic N) is 4. The molecule has 2 aromatic rings. The van der Waals surface area contributed by atoms with Gasteiger partial charge in [0.2, 0.25) is 5.95 Å². The first-order chi connectivity index (χ1) is 9.33. The molecule has 8 nitrogen and oxygen atoms in total. The van der Waals surface area contributed by atoms with Crippen LogP contribution < -0.4 is 16.2 Å². The van der Waals surface area contributed by atoms with Crippen molar-refractivity contribution in [3.8, 4) is 0 Å². The van der Waals surface area contributed by atoms with E-state index >= 15 is 0 Å². The van der Waals surface area contributed by atoms with Crippen LogP contribution in [0.15, 0.2) is 6.20 Å². The van der Waals surface area contributed by atoms with Crippen LogP contribution in [0.25, 0.3) is 11.0 Å². The fraction of sp³-hybridized carbons (Fsp3) is 0.545. The number of aromatic nitrogens is 4. The van der Waals surface area contributed by atoms with E-state index in [-0.39, 0.29) is 6.61 Å². The van der Waals surface area contributed by atoms with E-state index in [9.17, 15) is 5.11 Å². The fourth-order valence-electron chi connectivity index (χ4n) is 2.37. The van der Waals surface area contributed by atoms with E-state index in [1.54, 1.807) is 6.20 Å². The van der Waals surface area contributed by atoms with Gasteiger partial charge in [0.25, 0.3) is 0 Å². The molecular formula is C11H17N7O. The van der Waals surface area contributed by atoms with Crippen LogP contribution >= 0.6 is 0 Å². The molecule has 2 aromatic heterocycles. The molecule has 3 rings (SSSR count). The zero-order chi connectivity index (χ0) is 13.2. The Morgan fingerprint density at radius 2 is 2.32 bits per heavy atom. The average molecular weight is 263 g/mol. The summed E-state index contributed by atoms with van der Waals surface area (Å²) in [5, 5.41) is 16.9. The Bertz CT molecular complexity index is 565. The number of fused-ring (bicyclic) bond motifs is 1. The predicted octanol–water partition coefficient (Wildman–Crippen LogP) is -0.0103. The average Bonchev–Trinajstić information content (AvgIpc) is 2.83. The summed E-state index contributed by atoms with van der Waals surface area (Å²) in [5.41, 5.74) is 3.10. The summed E-state index contributed by atoms with van der Waals surface area (Å²) in [4.78, 5) is 10.7. The summed E-state index contributed by atoms with van der Waals surface area (Å²) >= 11 is 0. The summed E-state index contributed by atoms with van der Waals surface area (Å²) in [6.45, 7) is 0.636. The molecule has 0 spiro atoms. The third-order valence-electron chi connectivity index (χ3n) is 3.55. The molecule has 0 atom stereocenters. The van der Waals surface area contributed by atoms with Crippen molar-refractivity contribution in [1.82, 2.24) is 20.2 Å². The quantitative estimate of drug-likeness (QED) is 0.443. The van der Waals surface area contributed by atoms with Crippen molar-refractivity contribution in [1.29, 1.82) is 0 Å². The van der Waals surface area contributed by atoms with Crippen molar-refractivity contribution in [2.45, 2.75) is 25.3 Å². The number of nitrogens with one attached hydrogen (secondary N) is 2. The van der Waals surface area contributed by atoms with Crippen LogP contribution in [0.3, 0.4) is 0 Å². The highest BCUT2D eigenvalue weighted by Crippen LogP contribution is 2.32. The molecule has 0 bridgehead atoms. The minimum atomic E-state index is 0.0885. The van der Waals surface area contributed by atoms with Crippen LogP contribution in [0, 0.1) is 0 Å². The zero-order valence-electron chi connectivity index (χ0n) is 10.5. The smallest absolute Gasteiger partial charge is 0.241 e. The third kappa shape index (κ3) is 2.08. The number of nitrogens with two attached hydrogens (primary N) is 1. The Balaban J connectivity index is 2.06. The lowest BCUT2D eigenvalue weighted by Crippen LogP contribution is -2.42. The maximum absolute atomic E-state index is 9.27. The molecular weight excluding hydrogens is 246 g/mol. The van der Waals surface area contributed by atoms with Gasteiger partial charge in [-0.2, -0.15) is 15.1 Å². The van der Waals surface area contributed by atoms with Crippen LogP contribution in [0.2, 0.25) is 0 Å². The lowest BCUT2D eigenvalue weighted by atomic mass is 9.91. The van der Waals surface area contributed by atoms with Crippen molar-refractivity contribution in [3.05, 3.63) is 6.20 Å². The third-order valence-corrected chi connectivity index (χ3v) is 3.55. The molecule has 2 heterocycles. The maximum Gasteiger partial charge on any atom is 0.241 e. The standard InChI is InChI=1S/C11H17N7O/c12-16-11-14-9-8(6-13-17-9)10(15-11)18(4-5-19)7-2-1-3-7/h6-7,19H,1-5,12H2,(H2,13,14,15,16,17). The Labute approximate surface area is 110 Å². The van der Waals surface area contributed by atoms with Crippen molar-refractivity contribution in [3.63, 3.8) is 0 Å². The first kappa shape index (κ1) is 12.1. The molecule has 0 saturated heterocycles. The van der Waals surface area contributed by atoms with E-state index in [0.717, 1.165) is 24.0 Å². The number of hydrogen-bond donors (Lipinski definition) is 4. The van der Waals surface area contributed by atoms with E-state index in [1.807, 2.05) is 0 Å². The van der Waals surface area contributed by atoms with Crippen LogP contribution in [0.5, 0.6) is 0 Å². The van der Waals surface area contributed by atoms with Gasteiger partial charge in [-0.15, -0.1) is 0 Å². The van der Waals surface area contributed by atoms with Gasteiger partial charge in [0.15, 0.2) is 5.65 Å². The van der Waals surface area contributed by atoms with E-state index in [4.69, 9.17) is 5.84 Å². The normalized spacial score (nSPS) is 15.5. The van der Waals surface area contributed by atoms with Gasteiger partial charge in [-0.05, 0) is 19.3 Å². The highest BCUT2D eigenvalue weighted by molar-refractivity contribution is 5.87. The number of hydrazine groups is 1. The van der Waals surface area contributed by atoms with E-state index in [2.05, 4.69) is 30.5 Å². The van der Waals surface area contributed by atoms with Gasteiger partial charge in [-0.3, -0.25) is 10.5 Å². The number of aliphatic hydroxyl groups is 1. The molecule has 1 aliphatic carbocycles. The Kier molecular flexibility index (Phi) is 3.18. The molecule has 1 fully saturated rings. The summed E-state index contributed by atoms with van der Waals surface area (Å²) < 4.78 is 0. The summed E-state index contributed by atoms with van der Waals surface area (Å²) in [6.07, 6.45) is 5.16. The highest BCUT2D eigenvalue weighted by Gasteiger charge is 2.27. The van der Waals surface area contributed by atoms with Crippen molar-refractivity contribution >= 4 is 22.8 Å². The second-order valence-corrected chi connectivity index (χ2v) is 4.65. The first-order valence-corrected chi connectivity index (χ1v) is 6.38. The van der Waals surface area contributed by atoms with Gasteiger partial charge in [0, 0.05) is 12.6 Å². The van der Waals surface area contributed by atoms with Crippen molar-refractivity contribution < 1.29 is 5.11 Å². The molecule has 0 unspecified atom stereocenters. The molecule has 102 valence electrons. The van der Waals surface area contributed by atoms with Gasteiger partial charge in [-0.25, -0.2) is 5.84 Å². The van der Waals surface area contributed by atoms with Crippen LogP contribution in [-0.2, 0) is 0 Å². The van der Waals surface area contributed by atoms with Crippen LogP contribution in [-0.4, -0.2) is 44.5 Å². The monoisotopic (exact) mass is 263 g/mol. The zero-order valence-corrected chi connectivity index (χ0v) is 10.5. The molecule has 19 heavy (non-hydrogen) atoms.